The smallest absolute Gasteiger partial charge is 0.210 e. The number of sulfonamides is 1. The first-order valence-electron chi connectivity index (χ1n) is 5.48. The van der Waals surface area contributed by atoms with Crippen LogP contribution in [0.2, 0.25) is 0 Å². The molecule has 1 aliphatic heterocycles. The molecule has 1 fully saturated rings. The lowest BCUT2D eigenvalue weighted by atomic mass is 10.2. The second-order valence-corrected chi connectivity index (χ2v) is 5.78. The van der Waals surface area contributed by atoms with E-state index in [0.717, 1.165) is 32.5 Å². The maximum atomic E-state index is 10.9. The highest BCUT2D eigenvalue weighted by molar-refractivity contribution is 7.89. The van der Waals surface area contributed by atoms with Crippen molar-refractivity contribution in [2.24, 2.45) is 5.14 Å². The summed E-state index contributed by atoms with van der Waals surface area (Å²) in [4.78, 5) is 2.23. The van der Waals surface area contributed by atoms with E-state index in [4.69, 9.17) is 5.14 Å². The van der Waals surface area contributed by atoms with Crippen LogP contribution in [-0.2, 0) is 10.0 Å². The number of hydrogen-bond acceptors (Lipinski definition) is 4. The zero-order valence-electron chi connectivity index (χ0n) is 9.28. The molecule has 0 aromatic carbocycles. The third-order valence-electron chi connectivity index (χ3n) is 2.72. The molecule has 0 amide bonds. The van der Waals surface area contributed by atoms with Crippen LogP contribution in [0, 0.1) is 0 Å². The first-order valence-corrected chi connectivity index (χ1v) is 7.19. The maximum absolute atomic E-state index is 10.9. The first kappa shape index (κ1) is 12.9. The van der Waals surface area contributed by atoms with Gasteiger partial charge in [-0.15, -0.1) is 0 Å². The van der Waals surface area contributed by atoms with Gasteiger partial charge in [0, 0.05) is 19.1 Å². The second-order valence-electron chi connectivity index (χ2n) is 4.05. The van der Waals surface area contributed by atoms with Crippen LogP contribution in [0.3, 0.4) is 0 Å². The monoisotopic (exact) mass is 235 g/mol. The second kappa shape index (κ2) is 5.79. The van der Waals surface area contributed by atoms with E-state index < -0.39 is 10.0 Å². The Morgan fingerprint density at radius 3 is 2.67 bits per heavy atom. The van der Waals surface area contributed by atoms with Gasteiger partial charge in [-0.1, -0.05) is 6.92 Å². The summed E-state index contributed by atoms with van der Waals surface area (Å²) in [6.45, 7) is 5.60. The van der Waals surface area contributed by atoms with Crippen LogP contribution in [0.1, 0.15) is 19.8 Å². The molecule has 0 radical (unpaired) electrons. The Labute approximate surface area is 92.1 Å². The van der Waals surface area contributed by atoms with Gasteiger partial charge < -0.3 is 5.32 Å². The van der Waals surface area contributed by atoms with Gasteiger partial charge >= 0.3 is 0 Å². The zero-order chi connectivity index (χ0) is 11.3. The fraction of sp³-hybridized carbons (Fsp3) is 1.00. The van der Waals surface area contributed by atoms with E-state index in [1.54, 1.807) is 0 Å². The first-order chi connectivity index (χ1) is 7.03. The van der Waals surface area contributed by atoms with Crippen LogP contribution >= 0.6 is 0 Å². The summed E-state index contributed by atoms with van der Waals surface area (Å²) in [6, 6.07) is 0.478. The quantitative estimate of drug-likeness (QED) is 0.641. The molecule has 6 heteroatoms. The van der Waals surface area contributed by atoms with Crippen molar-refractivity contribution in [3.63, 3.8) is 0 Å². The Balaban J connectivity index is 2.42. The van der Waals surface area contributed by atoms with Gasteiger partial charge in [0.15, 0.2) is 0 Å². The molecule has 0 saturated carbocycles. The predicted octanol–water partition coefficient (Wildman–Crippen LogP) is -0.651. The van der Waals surface area contributed by atoms with Crippen LogP contribution in [0.25, 0.3) is 0 Å². The van der Waals surface area contributed by atoms with Gasteiger partial charge in [-0.3, -0.25) is 4.90 Å². The van der Waals surface area contributed by atoms with Crippen LogP contribution in [0.15, 0.2) is 0 Å². The summed E-state index contributed by atoms with van der Waals surface area (Å²) < 4.78 is 21.8. The average Bonchev–Trinajstić information content (AvgIpc) is 2.63. The van der Waals surface area contributed by atoms with Crippen molar-refractivity contribution in [1.82, 2.24) is 10.2 Å². The molecular weight excluding hydrogens is 214 g/mol. The number of nitrogens with two attached hydrogens (primary N) is 1. The Bertz CT molecular complexity index is 273. The van der Waals surface area contributed by atoms with Gasteiger partial charge in [-0.25, -0.2) is 13.6 Å². The van der Waals surface area contributed by atoms with Crippen LogP contribution in [-0.4, -0.2) is 51.3 Å². The van der Waals surface area contributed by atoms with Crippen LogP contribution < -0.4 is 10.5 Å². The van der Waals surface area contributed by atoms with Crippen molar-refractivity contribution in [1.29, 1.82) is 0 Å². The van der Waals surface area contributed by atoms with Gasteiger partial charge in [0.2, 0.25) is 10.0 Å². The SMILES string of the molecule is CCCN(CCS(N)(=O)=O)C1CCNC1. The molecule has 3 N–H and O–H groups in total. The molecule has 0 spiro atoms. The molecule has 5 nitrogen and oxygen atoms in total. The summed E-state index contributed by atoms with van der Waals surface area (Å²) in [7, 11) is -3.33. The van der Waals surface area contributed by atoms with E-state index in [-0.39, 0.29) is 5.75 Å². The number of nitrogens with zero attached hydrogens (tertiary/aromatic N) is 1. The summed E-state index contributed by atoms with van der Waals surface area (Å²) in [6.07, 6.45) is 2.14. The minimum Gasteiger partial charge on any atom is -0.315 e. The fourth-order valence-electron chi connectivity index (χ4n) is 1.96. The molecular formula is C9H21N3O2S. The minimum atomic E-state index is -3.33. The molecule has 1 unspecified atom stereocenters. The molecule has 0 aliphatic carbocycles. The van der Waals surface area contributed by atoms with Crippen LogP contribution in [0.4, 0.5) is 0 Å². The number of nitrogens with one attached hydrogen (secondary N) is 1. The summed E-state index contributed by atoms with van der Waals surface area (Å²) in [5, 5.41) is 8.29. The highest BCUT2D eigenvalue weighted by Gasteiger charge is 2.22. The number of primary sulfonamides is 1. The number of hydrogen-bond donors (Lipinski definition) is 2. The highest BCUT2D eigenvalue weighted by atomic mass is 32.2. The van der Waals surface area contributed by atoms with Crippen molar-refractivity contribution in [2.75, 3.05) is 31.9 Å². The van der Waals surface area contributed by atoms with Crippen molar-refractivity contribution in [2.45, 2.75) is 25.8 Å². The van der Waals surface area contributed by atoms with Crippen molar-refractivity contribution in [3.05, 3.63) is 0 Å². The molecule has 0 bridgehead atoms. The lowest BCUT2D eigenvalue weighted by Gasteiger charge is -2.27. The Hall–Kier alpha value is -0.170. The minimum absolute atomic E-state index is 0.0590. The molecule has 1 aliphatic rings. The summed E-state index contributed by atoms with van der Waals surface area (Å²) >= 11 is 0. The van der Waals surface area contributed by atoms with Gasteiger partial charge in [-0.05, 0) is 25.9 Å². The molecule has 1 rings (SSSR count). The topological polar surface area (TPSA) is 75.4 Å². The lowest BCUT2D eigenvalue weighted by Crippen LogP contribution is -2.41. The fourth-order valence-corrected chi connectivity index (χ4v) is 2.45. The maximum Gasteiger partial charge on any atom is 0.210 e. The molecule has 90 valence electrons. The van der Waals surface area contributed by atoms with E-state index in [9.17, 15) is 8.42 Å². The molecule has 0 aromatic heterocycles. The third kappa shape index (κ3) is 4.92. The molecule has 1 atom stereocenters. The Morgan fingerprint density at radius 2 is 2.20 bits per heavy atom. The lowest BCUT2D eigenvalue weighted by molar-refractivity contribution is 0.220. The van der Waals surface area contributed by atoms with E-state index in [0.29, 0.717) is 12.6 Å². The Morgan fingerprint density at radius 1 is 1.47 bits per heavy atom. The standard InChI is InChI=1S/C9H21N3O2S/c1-2-5-12(6-7-15(10,13)14)9-3-4-11-8-9/h9,11H,2-8H2,1H3,(H2,10,13,14). The molecule has 0 aromatic rings. The molecule has 15 heavy (non-hydrogen) atoms. The average molecular weight is 235 g/mol. The number of rotatable bonds is 6. The van der Waals surface area contributed by atoms with Gasteiger partial charge in [-0.2, -0.15) is 0 Å². The van der Waals surface area contributed by atoms with Crippen LogP contribution in [0.5, 0.6) is 0 Å². The molecule has 1 heterocycles. The zero-order valence-corrected chi connectivity index (χ0v) is 10.1. The Kier molecular flexibility index (Phi) is 4.98. The van der Waals surface area contributed by atoms with E-state index in [1.807, 2.05) is 0 Å². The molecule has 1 saturated heterocycles. The van der Waals surface area contributed by atoms with Crippen molar-refractivity contribution in [3.8, 4) is 0 Å². The van der Waals surface area contributed by atoms with Gasteiger partial charge in [0.05, 0.1) is 5.75 Å². The van der Waals surface area contributed by atoms with Gasteiger partial charge in [0.25, 0.3) is 0 Å². The normalized spacial score (nSPS) is 22.5. The third-order valence-corrected chi connectivity index (χ3v) is 3.48. The largest absolute Gasteiger partial charge is 0.315 e. The highest BCUT2D eigenvalue weighted by Crippen LogP contribution is 2.08. The van der Waals surface area contributed by atoms with E-state index in [2.05, 4.69) is 17.1 Å². The van der Waals surface area contributed by atoms with E-state index >= 15 is 0 Å². The summed E-state index contributed by atoms with van der Waals surface area (Å²) in [5.41, 5.74) is 0. The summed E-state index contributed by atoms with van der Waals surface area (Å²) in [5.74, 6) is 0.0590. The van der Waals surface area contributed by atoms with E-state index in [1.165, 1.54) is 0 Å². The van der Waals surface area contributed by atoms with Crippen molar-refractivity contribution >= 4 is 10.0 Å². The predicted molar refractivity (Wildman–Crippen MR) is 61.1 cm³/mol. The van der Waals surface area contributed by atoms with Gasteiger partial charge in [0.1, 0.15) is 0 Å². The van der Waals surface area contributed by atoms with Crippen molar-refractivity contribution < 1.29 is 8.42 Å².